The number of thioether (sulfide) groups is 2. The van der Waals surface area contributed by atoms with Crippen molar-refractivity contribution in [3.8, 4) is 5.75 Å². The molecule has 2 rings (SSSR count). The Labute approximate surface area is 135 Å². The lowest BCUT2D eigenvalue weighted by Crippen LogP contribution is -2.30. The topological polar surface area (TPSA) is 38.7 Å². The number of hydrogen-bond acceptors (Lipinski definition) is 5. The Bertz CT molecular complexity index is 441. The van der Waals surface area contributed by atoms with Crippen molar-refractivity contribution in [1.82, 2.24) is 0 Å². The predicted octanol–water partition coefficient (Wildman–Crippen LogP) is 3.37. The lowest BCUT2D eigenvalue weighted by atomic mass is 10.1. The third-order valence-corrected chi connectivity index (χ3v) is 7.19. The molecular formula is C16H24O3S2. The summed E-state index contributed by atoms with van der Waals surface area (Å²) in [6.45, 7) is 5.54. The summed E-state index contributed by atoms with van der Waals surface area (Å²) in [5, 5.41) is 12.2. The fourth-order valence-corrected chi connectivity index (χ4v) is 5.26. The molecule has 21 heavy (non-hydrogen) atoms. The molecule has 3 nitrogen and oxygen atoms in total. The van der Waals surface area contributed by atoms with Gasteiger partial charge in [-0.05, 0) is 6.07 Å². The minimum atomic E-state index is -0.490. The standard InChI is InChI=1S/C16H24O3S2/c1-11-12(2)21-15(10-20-11)16(17)13-6-4-5-7-14(13)19-9-8-18-3/h4-7,11-12,15-17H,8-10H2,1-3H3. The highest BCUT2D eigenvalue weighted by Crippen LogP contribution is 2.42. The highest BCUT2D eigenvalue weighted by atomic mass is 32.2. The second-order valence-electron chi connectivity index (χ2n) is 5.24. The summed E-state index contributed by atoms with van der Waals surface area (Å²) in [4.78, 5) is 0. The summed E-state index contributed by atoms with van der Waals surface area (Å²) in [7, 11) is 1.66. The molecule has 1 aromatic rings. The third kappa shape index (κ3) is 4.55. The summed E-state index contributed by atoms with van der Waals surface area (Å²) in [5.41, 5.74) is 0.883. The summed E-state index contributed by atoms with van der Waals surface area (Å²) in [6, 6.07) is 7.77. The average Bonchev–Trinajstić information content (AvgIpc) is 2.50. The maximum atomic E-state index is 10.7. The van der Waals surface area contributed by atoms with Gasteiger partial charge >= 0.3 is 0 Å². The number of rotatable bonds is 6. The molecule has 118 valence electrons. The Kier molecular flexibility index (Phi) is 6.74. The van der Waals surface area contributed by atoms with Gasteiger partial charge in [0.15, 0.2) is 0 Å². The van der Waals surface area contributed by atoms with Crippen molar-refractivity contribution in [2.75, 3.05) is 26.1 Å². The van der Waals surface area contributed by atoms with Gasteiger partial charge in [-0.25, -0.2) is 0 Å². The van der Waals surface area contributed by atoms with Crippen molar-refractivity contribution in [3.05, 3.63) is 29.8 Å². The SMILES string of the molecule is COCCOc1ccccc1C(O)C1CSC(C)C(C)S1. The molecule has 4 unspecified atom stereocenters. The number of hydrogen-bond donors (Lipinski definition) is 1. The first kappa shape index (κ1) is 17.0. The van der Waals surface area contributed by atoms with Crippen molar-refractivity contribution >= 4 is 23.5 Å². The quantitative estimate of drug-likeness (QED) is 0.811. The number of methoxy groups -OCH3 is 1. The van der Waals surface area contributed by atoms with Gasteiger partial charge in [-0.1, -0.05) is 32.0 Å². The number of benzene rings is 1. The number of aliphatic hydroxyl groups is 1. The van der Waals surface area contributed by atoms with Gasteiger partial charge in [-0.2, -0.15) is 23.5 Å². The van der Waals surface area contributed by atoms with Crippen LogP contribution in [0, 0.1) is 0 Å². The van der Waals surface area contributed by atoms with Gasteiger partial charge in [-0.3, -0.25) is 0 Å². The Morgan fingerprint density at radius 2 is 2.00 bits per heavy atom. The first-order chi connectivity index (χ1) is 10.1. The van der Waals surface area contributed by atoms with E-state index in [4.69, 9.17) is 9.47 Å². The van der Waals surface area contributed by atoms with Gasteiger partial charge in [0, 0.05) is 34.2 Å². The molecule has 0 bridgehead atoms. The van der Waals surface area contributed by atoms with E-state index in [1.165, 1.54) is 0 Å². The molecule has 0 aromatic heterocycles. The van der Waals surface area contributed by atoms with Crippen LogP contribution < -0.4 is 4.74 Å². The van der Waals surface area contributed by atoms with Crippen molar-refractivity contribution in [3.63, 3.8) is 0 Å². The Hall–Kier alpha value is -0.360. The minimum absolute atomic E-state index is 0.216. The second kappa shape index (κ2) is 8.32. The molecular weight excluding hydrogens is 304 g/mol. The Morgan fingerprint density at radius 1 is 1.24 bits per heavy atom. The fourth-order valence-electron chi connectivity index (χ4n) is 2.26. The van der Waals surface area contributed by atoms with E-state index >= 15 is 0 Å². The monoisotopic (exact) mass is 328 g/mol. The highest BCUT2D eigenvalue weighted by molar-refractivity contribution is 8.07. The van der Waals surface area contributed by atoms with Crippen LogP contribution in [-0.4, -0.2) is 46.9 Å². The van der Waals surface area contributed by atoms with Crippen LogP contribution >= 0.6 is 23.5 Å². The van der Waals surface area contributed by atoms with Crippen LogP contribution in [0.3, 0.4) is 0 Å². The molecule has 4 atom stereocenters. The van der Waals surface area contributed by atoms with Crippen LogP contribution in [0.1, 0.15) is 25.5 Å². The van der Waals surface area contributed by atoms with E-state index in [-0.39, 0.29) is 5.25 Å². The molecule has 1 N–H and O–H groups in total. The Morgan fingerprint density at radius 3 is 2.71 bits per heavy atom. The van der Waals surface area contributed by atoms with Crippen LogP contribution in [0.2, 0.25) is 0 Å². The highest BCUT2D eigenvalue weighted by Gasteiger charge is 2.32. The molecule has 0 aliphatic carbocycles. The summed E-state index contributed by atoms with van der Waals surface area (Å²) < 4.78 is 10.7. The van der Waals surface area contributed by atoms with Crippen LogP contribution in [0.15, 0.2) is 24.3 Å². The van der Waals surface area contributed by atoms with Gasteiger partial charge in [0.25, 0.3) is 0 Å². The van der Waals surface area contributed by atoms with E-state index in [0.717, 1.165) is 17.1 Å². The van der Waals surface area contributed by atoms with Crippen LogP contribution in [0.5, 0.6) is 5.75 Å². The maximum Gasteiger partial charge on any atom is 0.125 e. The van der Waals surface area contributed by atoms with Gasteiger partial charge in [0.05, 0.1) is 12.7 Å². The molecule has 1 fully saturated rings. The number of aliphatic hydroxyl groups excluding tert-OH is 1. The molecule has 0 saturated carbocycles. The van der Waals surface area contributed by atoms with E-state index in [2.05, 4.69) is 13.8 Å². The van der Waals surface area contributed by atoms with E-state index in [9.17, 15) is 5.11 Å². The molecule has 0 amide bonds. The largest absolute Gasteiger partial charge is 0.491 e. The normalized spacial score (nSPS) is 27.3. The molecule has 1 aliphatic heterocycles. The molecule has 1 aliphatic rings. The van der Waals surface area contributed by atoms with E-state index in [1.54, 1.807) is 7.11 Å². The van der Waals surface area contributed by atoms with E-state index in [0.29, 0.717) is 23.7 Å². The summed E-state index contributed by atoms with van der Waals surface area (Å²) in [6.07, 6.45) is -0.490. The second-order valence-corrected chi connectivity index (χ2v) is 8.27. The zero-order valence-electron chi connectivity index (χ0n) is 12.8. The summed E-state index contributed by atoms with van der Waals surface area (Å²) in [5.74, 6) is 1.74. The lowest BCUT2D eigenvalue weighted by molar-refractivity contribution is 0.138. The lowest BCUT2D eigenvalue weighted by Gasteiger charge is -2.34. The predicted molar refractivity (Wildman–Crippen MR) is 91.5 cm³/mol. The van der Waals surface area contributed by atoms with Gasteiger partial charge < -0.3 is 14.6 Å². The third-order valence-electron chi connectivity index (χ3n) is 3.71. The maximum absolute atomic E-state index is 10.7. The molecule has 1 aromatic carbocycles. The van der Waals surface area contributed by atoms with Crippen LogP contribution in [-0.2, 0) is 4.74 Å². The Balaban J connectivity index is 2.06. The first-order valence-electron chi connectivity index (χ1n) is 7.29. The fraction of sp³-hybridized carbons (Fsp3) is 0.625. The van der Waals surface area contributed by atoms with Crippen molar-refractivity contribution in [2.45, 2.75) is 35.7 Å². The molecule has 1 saturated heterocycles. The molecule has 0 spiro atoms. The zero-order chi connectivity index (χ0) is 15.2. The van der Waals surface area contributed by atoms with Gasteiger partial charge in [0.1, 0.15) is 12.4 Å². The number of ether oxygens (including phenoxy) is 2. The molecule has 0 radical (unpaired) electrons. The van der Waals surface area contributed by atoms with Crippen molar-refractivity contribution in [2.24, 2.45) is 0 Å². The van der Waals surface area contributed by atoms with Gasteiger partial charge in [-0.15, -0.1) is 0 Å². The van der Waals surface area contributed by atoms with Gasteiger partial charge in [0.2, 0.25) is 0 Å². The van der Waals surface area contributed by atoms with Crippen molar-refractivity contribution in [1.29, 1.82) is 0 Å². The number of para-hydroxylation sites is 1. The first-order valence-corrected chi connectivity index (χ1v) is 9.28. The average molecular weight is 328 g/mol. The van der Waals surface area contributed by atoms with Crippen LogP contribution in [0.25, 0.3) is 0 Å². The summed E-state index contributed by atoms with van der Waals surface area (Å²) >= 11 is 3.83. The molecule has 1 heterocycles. The minimum Gasteiger partial charge on any atom is -0.491 e. The smallest absolute Gasteiger partial charge is 0.125 e. The molecule has 5 heteroatoms. The van der Waals surface area contributed by atoms with E-state index in [1.807, 2.05) is 47.8 Å². The van der Waals surface area contributed by atoms with E-state index < -0.39 is 6.10 Å². The van der Waals surface area contributed by atoms with Crippen LogP contribution in [0.4, 0.5) is 0 Å². The zero-order valence-corrected chi connectivity index (χ0v) is 14.5. The van der Waals surface area contributed by atoms with Crippen molar-refractivity contribution < 1.29 is 14.6 Å².